The maximum absolute atomic E-state index is 8.87. The standard InChI is InChI=1S/C17H20N2S/c1-12-8-15(10-18)5-6-16(12)11-19-13(2)9-17-7-4-14(3)20-17/h4-8,13,19H,9,11H2,1-3H3. The number of hydrogen-bond donors (Lipinski definition) is 1. The van der Waals surface area contributed by atoms with Crippen LogP contribution in [0.2, 0.25) is 0 Å². The molecule has 0 saturated heterocycles. The minimum absolute atomic E-state index is 0.447. The largest absolute Gasteiger partial charge is 0.310 e. The van der Waals surface area contributed by atoms with Crippen molar-refractivity contribution in [3.8, 4) is 6.07 Å². The molecule has 0 amide bonds. The third kappa shape index (κ3) is 3.93. The number of nitrogens with one attached hydrogen (secondary N) is 1. The van der Waals surface area contributed by atoms with E-state index in [1.54, 1.807) is 0 Å². The van der Waals surface area contributed by atoms with E-state index in [-0.39, 0.29) is 0 Å². The molecule has 1 atom stereocenters. The van der Waals surface area contributed by atoms with Crippen molar-refractivity contribution in [3.05, 3.63) is 56.8 Å². The highest BCUT2D eigenvalue weighted by Crippen LogP contribution is 2.17. The Hall–Kier alpha value is -1.63. The zero-order valence-corrected chi connectivity index (χ0v) is 13.1. The molecule has 0 aliphatic heterocycles. The van der Waals surface area contributed by atoms with Crippen LogP contribution in [0.1, 0.15) is 33.4 Å². The van der Waals surface area contributed by atoms with Crippen molar-refractivity contribution in [2.75, 3.05) is 0 Å². The first kappa shape index (κ1) is 14.8. The SMILES string of the molecule is Cc1ccc(CC(C)NCc2ccc(C#N)cc2C)s1. The van der Waals surface area contributed by atoms with Crippen LogP contribution in [0.25, 0.3) is 0 Å². The fraction of sp³-hybridized carbons (Fsp3) is 0.353. The molecule has 0 radical (unpaired) electrons. The van der Waals surface area contributed by atoms with Gasteiger partial charge in [0.05, 0.1) is 11.6 Å². The van der Waals surface area contributed by atoms with Gasteiger partial charge in [0.25, 0.3) is 0 Å². The van der Waals surface area contributed by atoms with E-state index in [9.17, 15) is 0 Å². The highest BCUT2D eigenvalue weighted by atomic mass is 32.1. The average Bonchev–Trinajstić information content (AvgIpc) is 2.82. The van der Waals surface area contributed by atoms with Crippen LogP contribution in [0.5, 0.6) is 0 Å². The molecular weight excluding hydrogens is 264 g/mol. The predicted molar refractivity (Wildman–Crippen MR) is 85.0 cm³/mol. The molecule has 0 saturated carbocycles. The van der Waals surface area contributed by atoms with Crippen molar-refractivity contribution in [1.29, 1.82) is 5.26 Å². The summed E-state index contributed by atoms with van der Waals surface area (Å²) in [5, 5.41) is 12.4. The van der Waals surface area contributed by atoms with Crippen molar-refractivity contribution < 1.29 is 0 Å². The third-order valence-electron chi connectivity index (χ3n) is 3.42. The zero-order chi connectivity index (χ0) is 14.5. The summed E-state index contributed by atoms with van der Waals surface area (Å²) in [6, 6.07) is 12.9. The Labute approximate surface area is 125 Å². The summed E-state index contributed by atoms with van der Waals surface area (Å²) in [4.78, 5) is 2.80. The van der Waals surface area contributed by atoms with Gasteiger partial charge in [-0.2, -0.15) is 5.26 Å². The van der Waals surface area contributed by atoms with Gasteiger partial charge in [0.15, 0.2) is 0 Å². The maximum atomic E-state index is 8.87. The van der Waals surface area contributed by atoms with Gasteiger partial charge in [-0.1, -0.05) is 6.07 Å². The number of hydrogen-bond acceptors (Lipinski definition) is 3. The Balaban J connectivity index is 1.90. The molecule has 2 aromatic rings. The monoisotopic (exact) mass is 284 g/mol. The number of thiophene rings is 1. The molecule has 0 fully saturated rings. The first-order chi connectivity index (χ1) is 9.58. The van der Waals surface area contributed by atoms with Crippen LogP contribution in [0, 0.1) is 25.2 Å². The van der Waals surface area contributed by atoms with Crippen molar-refractivity contribution in [2.45, 2.75) is 39.8 Å². The third-order valence-corrected chi connectivity index (χ3v) is 4.44. The summed E-state index contributed by atoms with van der Waals surface area (Å²) in [5.74, 6) is 0. The molecule has 0 bridgehead atoms. The number of rotatable bonds is 5. The van der Waals surface area contributed by atoms with Crippen LogP contribution in [0.3, 0.4) is 0 Å². The van der Waals surface area contributed by atoms with Gasteiger partial charge >= 0.3 is 0 Å². The quantitative estimate of drug-likeness (QED) is 0.902. The van der Waals surface area contributed by atoms with E-state index in [0.717, 1.165) is 18.5 Å². The molecule has 0 aliphatic carbocycles. The van der Waals surface area contributed by atoms with Crippen molar-refractivity contribution in [2.24, 2.45) is 0 Å². The first-order valence-corrected chi connectivity index (χ1v) is 7.68. The smallest absolute Gasteiger partial charge is 0.0991 e. The van der Waals surface area contributed by atoms with E-state index in [2.05, 4.69) is 44.3 Å². The van der Waals surface area contributed by atoms with Crippen LogP contribution >= 0.6 is 11.3 Å². The van der Waals surface area contributed by atoms with E-state index in [0.29, 0.717) is 6.04 Å². The first-order valence-electron chi connectivity index (χ1n) is 6.87. The second-order valence-corrected chi connectivity index (χ2v) is 6.62. The molecule has 3 heteroatoms. The lowest BCUT2D eigenvalue weighted by molar-refractivity contribution is 0.547. The van der Waals surface area contributed by atoms with Gasteiger partial charge in [0.1, 0.15) is 0 Å². The molecular formula is C17H20N2S. The van der Waals surface area contributed by atoms with Crippen molar-refractivity contribution >= 4 is 11.3 Å². The van der Waals surface area contributed by atoms with E-state index in [1.807, 2.05) is 29.5 Å². The summed E-state index contributed by atoms with van der Waals surface area (Å²) < 4.78 is 0. The Kier molecular flexibility index (Phi) is 4.94. The number of nitrogens with zero attached hydrogens (tertiary/aromatic N) is 1. The molecule has 0 aliphatic rings. The molecule has 1 aromatic heterocycles. The van der Waals surface area contributed by atoms with Crippen LogP contribution in [0.4, 0.5) is 0 Å². The van der Waals surface area contributed by atoms with Crippen molar-refractivity contribution in [3.63, 3.8) is 0 Å². The van der Waals surface area contributed by atoms with Gasteiger partial charge in [-0.15, -0.1) is 11.3 Å². The minimum Gasteiger partial charge on any atom is -0.310 e. The summed E-state index contributed by atoms with van der Waals surface area (Å²) in [6.07, 6.45) is 1.06. The molecule has 104 valence electrons. The molecule has 2 rings (SSSR count). The van der Waals surface area contributed by atoms with E-state index < -0.39 is 0 Å². The molecule has 0 spiro atoms. The van der Waals surface area contributed by atoms with E-state index in [4.69, 9.17) is 5.26 Å². The summed E-state index contributed by atoms with van der Waals surface area (Å²) in [6.45, 7) is 7.27. The number of nitriles is 1. The van der Waals surface area contributed by atoms with Crippen molar-refractivity contribution in [1.82, 2.24) is 5.32 Å². The van der Waals surface area contributed by atoms with Gasteiger partial charge in [0.2, 0.25) is 0 Å². The van der Waals surface area contributed by atoms with Crippen LogP contribution in [-0.2, 0) is 13.0 Å². The Morgan fingerprint density at radius 3 is 2.65 bits per heavy atom. The second-order valence-electron chi connectivity index (χ2n) is 5.25. The van der Waals surface area contributed by atoms with Gasteiger partial charge in [0, 0.05) is 22.3 Å². The lowest BCUT2D eigenvalue weighted by Crippen LogP contribution is -2.27. The van der Waals surface area contributed by atoms with Gasteiger partial charge in [-0.25, -0.2) is 0 Å². The van der Waals surface area contributed by atoms with E-state index >= 15 is 0 Å². The topological polar surface area (TPSA) is 35.8 Å². The van der Waals surface area contributed by atoms with E-state index in [1.165, 1.54) is 20.9 Å². The molecule has 20 heavy (non-hydrogen) atoms. The lowest BCUT2D eigenvalue weighted by Gasteiger charge is -2.14. The van der Waals surface area contributed by atoms with Crippen LogP contribution in [0.15, 0.2) is 30.3 Å². The summed E-state index contributed by atoms with van der Waals surface area (Å²) >= 11 is 1.87. The molecule has 1 unspecified atom stereocenters. The van der Waals surface area contributed by atoms with Crippen LogP contribution < -0.4 is 5.32 Å². The Morgan fingerprint density at radius 2 is 2.05 bits per heavy atom. The fourth-order valence-electron chi connectivity index (χ4n) is 2.22. The second kappa shape index (κ2) is 6.69. The molecule has 1 N–H and O–H groups in total. The Bertz CT molecular complexity index is 622. The zero-order valence-electron chi connectivity index (χ0n) is 12.2. The average molecular weight is 284 g/mol. The summed E-state index contributed by atoms with van der Waals surface area (Å²) in [5.41, 5.74) is 3.17. The normalized spacial score (nSPS) is 12.1. The highest BCUT2D eigenvalue weighted by Gasteiger charge is 2.06. The minimum atomic E-state index is 0.447. The summed E-state index contributed by atoms with van der Waals surface area (Å²) in [7, 11) is 0. The predicted octanol–water partition coefficient (Wildman–Crippen LogP) is 3.96. The molecule has 1 heterocycles. The van der Waals surface area contributed by atoms with Gasteiger partial charge < -0.3 is 5.32 Å². The van der Waals surface area contributed by atoms with Crippen LogP contribution in [-0.4, -0.2) is 6.04 Å². The number of benzene rings is 1. The molecule has 2 nitrogen and oxygen atoms in total. The van der Waals surface area contributed by atoms with Gasteiger partial charge in [-0.3, -0.25) is 0 Å². The fourth-order valence-corrected chi connectivity index (χ4v) is 3.24. The molecule has 1 aromatic carbocycles. The number of aryl methyl sites for hydroxylation is 2. The maximum Gasteiger partial charge on any atom is 0.0991 e. The highest BCUT2D eigenvalue weighted by molar-refractivity contribution is 7.11. The lowest BCUT2D eigenvalue weighted by atomic mass is 10.1. The van der Waals surface area contributed by atoms with Gasteiger partial charge in [-0.05, 0) is 62.6 Å². The Morgan fingerprint density at radius 1 is 1.25 bits per heavy atom.